The summed E-state index contributed by atoms with van der Waals surface area (Å²) in [7, 11) is 0. The topological polar surface area (TPSA) is 92.4 Å². The number of hydrogen-bond acceptors (Lipinski definition) is 6. The van der Waals surface area contributed by atoms with Gasteiger partial charge in [0, 0.05) is 17.4 Å². The summed E-state index contributed by atoms with van der Waals surface area (Å²) in [5.74, 6) is 1.17. The van der Waals surface area contributed by atoms with E-state index >= 15 is 0 Å². The number of thioether (sulfide) groups is 1. The molecule has 2 atom stereocenters. The molecule has 14 heavy (non-hydrogen) atoms. The van der Waals surface area contributed by atoms with E-state index in [-0.39, 0.29) is 12.1 Å². The van der Waals surface area contributed by atoms with Crippen LogP contribution >= 0.6 is 24.4 Å². The molecule has 1 heterocycles. The predicted molar refractivity (Wildman–Crippen MR) is 59.8 cm³/mol. The number of carboxylic acid groups (broad SMARTS) is 1. The first-order valence-electron chi connectivity index (χ1n) is 3.97. The number of thiol groups is 1. The Bertz CT molecular complexity index is 186. The second kappa shape index (κ2) is 8.10. The summed E-state index contributed by atoms with van der Waals surface area (Å²) in [5.41, 5.74) is 5.03. The Kier molecular flexibility index (Phi) is 7.96. The number of nitrogens with one attached hydrogen (secondary N) is 1. The largest absolute Gasteiger partial charge is 0.480 e. The lowest BCUT2D eigenvalue weighted by molar-refractivity contribution is -0.138. The molecule has 0 aromatic heterocycles. The van der Waals surface area contributed by atoms with Gasteiger partial charge < -0.3 is 15.6 Å². The number of rotatable bonds is 3. The highest BCUT2D eigenvalue weighted by Crippen LogP contribution is 2.08. The zero-order valence-corrected chi connectivity index (χ0v) is 9.26. The fraction of sp³-hybridized carbons (Fsp3) is 0.714. The number of aliphatic carboxylic acids is 1. The van der Waals surface area contributed by atoms with Crippen LogP contribution in [0.1, 0.15) is 0 Å². The number of hydrogen-bond donors (Lipinski definition) is 4. The second-order valence-corrected chi connectivity index (χ2v) is 3.99. The minimum absolute atomic E-state index is 0.306. The number of aldehydes is 1. The molecule has 0 bridgehead atoms. The number of carboxylic acids is 1. The van der Waals surface area contributed by atoms with Crippen molar-refractivity contribution in [3.8, 4) is 0 Å². The molecular formula is C7H14N2O3S2. The first-order valence-corrected chi connectivity index (χ1v) is 5.76. The Balaban J connectivity index is 0.000000255. The third kappa shape index (κ3) is 6.25. The smallest absolute Gasteiger partial charge is 0.321 e. The van der Waals surface area contributed by atoms with Crippen molar-refractivity contribution in [2.75, 3.05) is 17.4 Å². The van der Waals surface area contributed by atoms with Gasteiger partial charge in [-0.3, -0.25) is 10.1 Å². The SMILES string of the molecule is NC(C=O)CS.O=C(O)C1CSCN1. The van der Waals surface area contributed by atoms with Gasteiger partial charge in [0.15, 0.2) is 0 Å². The molecule has 4 N–H and O–H groups in total. The van der Waals surface area contributed by atoms with Gasteiger partial charge in [0.25, 0.3) is 0 Å². The Hall–Kier alpha value is -0.240. The molecule has 0 aromatic carbocycles. The zero-order valence-electron chi connectivity index (χ0n) is 7.55. The maximum atomic E-state index is 10.1. The lowest BCUT2D eigenvalue weighted by atomic mass is 10.4. The summed E-state index contributed by atoms with van der Waals surface area (Å²) in [5, 5.41) is 11.2. The van der Waals surface area contributed by atoms with Crippen LogP contribution in [0.4, 0.5) is 0 Å². The number of carbonyl (C=O) groups is 2. The van der Waals surface area contributed by atoms with Gasteiger partial charge in [-0.25, -0.2) is 0 Å². The summed E-state index contributed by atoms with van der Waals surface area (Å²) >= 11 is 5.36. The van der Waals surface area contributed by atoms with E-state index in [0.717, 1.165) is 5.88 Å². The molecule has 0 aromatic rings. The molecule has 0 saturated carbocycles. The van der Waals surface area contributed by atoms with Gasteiger partial charge in [0.05, 0.1) is 6.04 Å². The van der Waals surface area contributed by atoms with Gasteiger partial charge in [-0.15, -0.1) is 11.8 Å². The minimum Gasteiger partial charge on any atom is -0.480 e. The molecule has 0 radical (unpaired) electrons. The Morgan fingerprint density at radius 1 is 1.86 bits per heavy atom. The van der Waals surface area contributed by atoms with Crippen molar-refractivity contribution in [2.24, 2.45) is 5.73 Å². The molecule has 0 aliphatic carbocycles. The van der Waals surface area contributed by atoms with E-state index in [2.05, 4.69) is 17.9 Å². The molecule has 1 aliphatic heterocycles. The molecular weight excluding hydrogens is 224 g/mol. The van der Waals surface area contributed by atoms with Crippen molar-refractivity contribution in [2.45, 2.75) is 12.1 Å². The van der Waals surface area contributed by atoms with E-state index in [1.54, 1.807) is 11.8 Å². The van der Waals surface area contributed by atoms with Gasteiger partial charge >= 0.3 is 5.97 Å². The lowest BCUT2D eigenvalue weighted by Gasteiger charge is -1.98. The van der Waals surface area contributed by atoms with E-state index in [4.69, 9.17) is 10.8 Å². The fourth-order valence-electron chi connectivity index (χ4n) is 0.597. The monoisotopic (exact) mass is 238 g/mol. The van der Waals surface area contributed by atoms with Gasteiger partial charge in [-0.2, -0.15) is 12.6 Å². The van der Waals surface area contributed by atoms with Crippen LogP contribution in [0.25, 0.3) is 0 Å². The van der Waals surface area contributed by atoms with Crippen molar-refractivity contribution in [3.63, 3.8) is 0 Å². The molecule has 1 fully saturated rings. The normalized spacial score (nSPS) is 22.0. The number of carbonyl (C=O) groups excluding carboxylic acids is 1. The zero-order chi connectivity index (χ0) is 11.0. The molecule has 5 nitrogen and oxygen atoms in total. The van der Waals surface area contributed by atoms with Crippen LogP contribution in [-0.2, 0) is 9.59 Å². The summed E-state index contributed by atoms with van der Waals surface area (Å²) in [4.78, 5) is 19.7. The summed E-state index contributed by atoms with van der Waals surface area (Å²) < 4.78 is 0. The Morgan fingerprint density at radius 2 is 2.50 bits per heavy atom. The second-order valence-electron chi connectivity index (χ2n) is 2.59. The van der Waals surface area contributed by atoms with Crippen LogP contribution in [0.5, 0.6) is 0 Å². The lowest BCUT2D eigenvalue weighted by Crippen LogP contribution is -2.32. The first-order chi connectivity index (χ1) is 6.61. The van der Waals surface area contributed by atoms with Crippen molar-refractivity contribution in [1.82, 2.24) is 5.32 Å². The van der Waals surface area contributed by atoms with Crippen LogP contribution < -0.4 is 11.1 Å². The molecule has 1 aliphatic rings. The van der Waals surface area contributed by atoms with Crippen LogP contribution in [0.15, 0.2) is 0 Å². The van der Waals surface area contributed by atoms with Gasteiger partial charge in [-0.1, -0.05) is 0 Å². The first kappa shape index (κ1) is 13.8. The van der Waals surface area contributed by atoms with E-state index in [1.807, 2.05) is 0 Å². The van der Waals surface area contributed by atoms with E-state index < -0.39 is 5.97 Å². The molecule has 0 spiro atoms. The van der Waals surface area contributed by atoms with Crippen molar-refractivity contribution in [1.29, 1.82) is 0 Å². The summed E-state index contributed by atoms with van der Waals surface area (Å²) in [6, 6.07) is -0.687. The Labute approximate surface area is 92.2 Å². The predicted octanol–water partition coefficient (Wildman–Crippen LogP) is -0.824. The maximum absolute atomic E-state index is 10.1. The molecule has 0 amide bonds. The van der Waals surface area contributed by atoms with Crippen molar-refractivity contribution < 1.29 is 14.7 Å². The summed E-state index contributed by atoms with van der Waals surface area (Å²) in [6.07, 6.45) is 0.674. The average Bonchev–Trinajstić information content (AvgIpc) is 2.70. The van der Waals surface area contributed by atoms with E-state index in [0.29, 0.717) is 17.8 Å². The van der Waals surface area contributed by atoms with Crippen molar-refractivity contribution in [3.05, 3.63) is 0 Å². The van der Waals surface area contributed by atoms with Crippen LogP contribution in [-0.4, -0.2) is 46.8 Å². The molecule has 2 unspecified atom stereocenters. The van der Waals surface area contributed by atoms with E-state index in [9.17, 15) is 9.59 Å². The molecule has 1 rings (SSSR count). The Morgan fingerprint density at radius 3 is 2.64 bits per heavy atom. The minimum atomic E-state index is -0.741. The van der Waals surface area contributed by atoms with Gasteiger partial charge in [-0.05, 0) is 0 Å². The average molecular weight is 238 g/mol. The highest BCUT2D eigenvalue weighted by molar-refractivity contribution is 7.99. The van der Waals surface area contributed by atoms with Gasteiger partial charge in [0.2, 0.25) is 0 Å². The highest BCUT2D eigenvalue weighted by Gasteiger charge is 2.20. The standard InChI is InChI=1S/C4H7NO2S.C3H7NOS/c6-4(7)3-1-8-2-5-3;4-3(1-5)2-6/h3,5H,1-2H2,(H,6,7);1,3,6H,2,4H2. The molecule has 7 heteroatoms. The molecule has 82 valence electrons. The van der Waals surface area contributed by atoms with Crippen LogP contribution in [0.2, 0.25) is 0 Å². The summed E-state index contributed by atoms with van der Waals surface area (Å²) in [6.45, 7) is 0. The number of nitrogens with two attached hydrogens (primary N) is 1. The van der Waals surface area contributed by atoms with Gasteiger partial charge in [0.1, 0.15) is 12.3 Å². The highest BCUT2D eigenvalue weighted by atomic mass is 32.2. The molecule has 1 saturated heterocycles. The quantitative estimate of drug-likeness (QED) is 0.379. The van der Waals surface area contributed by atoms with E-state index in [1.165, 1.54) is 0 Å². The third-order valence-corrected chi connectivity index (χ3v) is 2.76. The van der Waals surface area contributed by atoms with Crippen molar-refractivity contribution >= 4 is 36.6 Å². The maximum Gasteiger partial charge on any atom is 0.321 e. The third-order valence-electron chi connectivity index (χ3n) is 1.40. The van der Waals surface area contributed by atoms with Crippen LogP contribution in [0.3, 0.4) is 0 Å². The van der Waals surface area contributed by atoms with Crippen LogP contribution in [0, 0.1) is 0 Å². The fourth-order valence-corrected chi connectivity index (χ4v) is 1.62.